The van der Waals surface area contributed by atoms with Gasteiger partial charge in [0.05, 0.1) is 6.42 Å². The number of carbonyl (C=O) groups is 1. The van der Waals surface area contributed by atoms with Gasteiger partial charge < -0.3 is 19.6 Å². The second-order valence-electron chi connectivity index (χ2n) is 9.07. The van der Waals surface area contributed by atoms with E-state index in [1.54, 1.807) is 0 Å². The zero-order valence-electron chi connectivity index (χ0n) is 17.7. The molecule has 1 aromatic heterocycles. The molecule has 4 rings (SSSR count). The lowest BCUT2D eigenvalue weighted by Gasteiger charge is -2.43. The van der Waals surface area contributed by atoms with Gasteiger partial charge in [0, 0.05) is 50.9 Å². The SMILES string of the molecule is CC1CCCN1C(=O)Cc1cc(N2CCN(CC3(F)CCNCC3)[C@H](C)C2)no1. The van der Waals surface area contributed by atoms with Crippen LogP contribution < -0.4 is 10.2 Å². The maximum Gasteiger partial charge on any atom is 0.230 e. The Kier molecular flexibility index (Phi) is 6.11. The summed E-state index contributed by atoms with van der Waals surface area (Å²) in [4.78, 5) is 18.9. The molecule has 1 amide bonds. The van der Waals surface area contributed by atoms with E-state index >= 15 is 4.39 Å². The summed E-state index contributed by atoms with van der Waals surface area (Å²) in [6.45, 7) is 9.52. The van der Waals surface area contributed by atoms with Gasteiger partial charge in [-0.3, -0.25) is 9.69 Å². The summed E-state index contributed by atoms with van der Waals surface area (Å²) >= 11 is 0. The molecule has 1 N–H and O–H groups in total. The first-order valence-electron chi connectivity index (χ1n) is 11.1. The Bertz CT molecular complexity index is 705. The Morgan fingerprint density at radius 3 is 2.76 bits per heavy atom. The number of aromatic nitrogens is 1. The fourth-order valence-electron chi connectivity index (χ4n) is 4.92. The van der Waals surface area contributed by atoms with Crippen LogP contribution in [0.15, 0.2) is 10.6 Å². The Labute approximate surface area is 172 Å². The molecule has 162 valence electrons. The highest BCUT2D eigenvalue weighted by Gasteiger charge is 2.37. The van der Waals surface area contributed by atoms with Gasteiger partial charge >= 0.3 is 0 Å². The molecular weight excluding hydrogens is 373 g/mol. The molecule has 0 radical (unpaired) electrons. The first kappa shape index (κ1) is 20.6. The molecule has 7 nitrogen and oxygen atoms in total. The monoisotopic (exact) mass is 407 g/mol. The quantitative estimate of drug-likeness (QED) is 0.804. The molecule has 1 aromatic rings. The number of carbonyl (C=O) groups excluding carboxylic acids is 1. The third kappa shape index (κ3) is 4.74. The molecular formula is C21H34FN5O2. The second kappa shape index (κ2) is 8.60. The van der Waals surface area contributed by atoms with Crippen LogP contribution >= 0.6 is 0 Å². The molecule has 0 spiro atoms. The van der Waals surface area contributed by atoms with Gasteiger partial charge in [0.15, 0.2) is 5.82 Å². The number of piperazine rings is 1. The minimum absolute atomic E-state index is 0.117. The summed E-state index contributed by atoms with van der Waals surface area (Å²) in [5, 5.41) is 7.45. The van der Waals surface area contributed by atoms with Crippen LogP contribution in [0.3, 0.4) is 0 Å². The molecule has 3 aliphatic rings. The summed E-state index contributed by atoms with van der Waals surface area (Å²) in [6, 6.07) is 2.46. The molecule has 29 heavy (non-hydrogen) atoms. The van der Waals surface area contributed by atoms with Gasteiger partial charge in [-0.05, 0) is 52.6 Å². The number of nitrogens with zero attached hydrogens (tertiary/aromatic N) is 4. The van der Waals surface area contributed by atoms with Crippen molar-refractivity contribution in [3.05, 3.63) is 11.8 Å². The van der Waals surface area contributed by atoms with Gasteiger partial charge in [0.25, 0.3) is 0 Å². The number of piperidine rings is 1. The largest absolute Gasteiger partial charge is 0.359 e. The van der Waals surface area contributed by atoms with Crippen molar-refractivity contribution in [3.63, 3.8) is 0 Å². The fraction of sp³-hybridized carbons (Fsp3) is 0.810. The molecule has 3 fully saturated rings. The lowest BCUT2D eigenvalue weighted by Crippen LogP contribution is -2.57. The number of halogens is 1. The van der Waals surface area contributed by atoms with Crippen molar-refractivity contribution < 1.29 is 13.7 Å². The third-order valence-electron chi connectivity index (χ3n) is 6.82. The van der Waals surface area contributed by atoms with E-state index in [-0.39, 0.29) is 18.4 Å². The fourth-order valence-corrected chi connectivity index (χ4v) is 4.92. The highest BCUT2D eigenvalue weighted by atomic mass is 19.1. The zero-order valence-corrected chi connectivity index (χ0v) is 17.7. The van der Waals surface area contributed by atoms with Gasteiger partial charge in [0.1, 0.15) is 11.4 Å². The molecule has 8 heteroatoms. The van der Waals surface area contributed by atoms with Crippen LogP contribution in [-0.4, -0.2) is 84.4 Å². The smallest absolute Gasteiger partial charge is 0.230 e. The number of rotatable bonds is 5. The van der Waals surface area contributed by atoms with Crippen molar-refractivity contribution in [1.82, 2.24) is 20.3 Å². The summed E-state index contributed by atoms with van der Waals surface area (Å²) in [5.41, 5.74) is -1.07. The summed E-state index contributed by atoms with van der Waals surface area (Å²) < 4.78 is 20.5. The van der Waals surface area contributed by atoms with Crippen molar-refractivity contribution >= 4 is 11.7 Å². The molecule has 3 aliphatic heterocycles. The number of nitrogens with one attached hydrogen (secondary N) is 1. The van der Waals surface area contributed by atoms with E-state index in [1.807, 2.05) is 11.0 Å². The second-order valence-corrected chi connectivity index (χ2v) is 9.07. The van der Waals surface area contributed by atoms with Crippen molar-refractivity contribution in [2.45, 2.75) is 63.7 Å². The topological polar surface area (TPSA) is 64.9 Å². The molecule has 0 aromatic carbocycles. The number of amides is 1. The van der Waals surface area contributed by atoms with Gasteiger partial charge in [-0.2, -0.15) is 0 Å². The molecule has 3 saturated heterocycles. The van der Waals surface area contributed by atoms with Crippen LogP contribution in [0.5, 0.6) is 0 Å². The van der Waals surface area contributed by atoms with Gasteiger partial charge in [-0.15, -0.1) is 0 Å². The van der Waals surface area contributed by atoms with E-state index < -0.39 is 5.67 Å². The van der Waals surface area contributed by atoms with E-state index in [4.69, 9.17) is 4.52 Å². The maximum absolute atomic E-state index is 15.1. The Hall–Kier alpha value is -1.67. The summed E-state index contributed by atoms with van der Waals surface area (Å²) in [5.74, 6) is 1.52. The Morgan fingerprint density at radius 2 is 2.07 bits per heavy atom. The maximum atomic E-state index is 15.1. The molecule has 0 saturated carbocycles. The van der Waals surface area contributed by atoms with E-state index in [9.17, 15) is 4.79 Å². The molecule has 0 bridgehead atoms. The third-order valence-corrected chi connectivity index (χ3v) is 6.82. The van der Waals surface area contributed by atoms with Crippen LogP contribution in [0.2, 0.25) is 0 Å². The standard InChI is InChI=1S/C21H34FN5O2/c1-16-4-3-9-27(16)20(28)13-18-12-19(24-29-18)25-10-11-26(17(2)14-25)15-21(22)5-7-23-8-6-21/h12,16-17,23H,3-11,13-15H2,1-2H3/t16?,17-/m1/s1. The van der Waals surface area contributed by atoms with E-state index in [1.165, 1.54) is 0 Å². The number of likely N-dealkylation sites (tertiary alicyclic amines) is 1. The highest BCUT2D eigenvalue weighted by molar-refractivity contribution is 5.79. The van der Waals surface area contributed by atoms with Crippen LogP contribution in [0, 0.1) is 0 Å². The minimum atomic E-state index is -1.07. The predicted molar refractivity (Wildman–Crippen MR) is 110 cm³/mol. The number of anilines is 1. The Balaban J connectivity index is 1.31. The lowest BCUT2D eigenvalue weighted by molar-refractivity contribution is -0.131. The normalized spacial score (nSPS) is 28.1. The molecule has 1 unspecified atom stereocenters. The first-order chi connectivity index (χ1) is 13.9. The number of alkyl halides is 1. The Morgan fingerprint density at radius 1 is 1.28 bits per heavy atom. The average Bonchev–Trinajstić information content (AvgIpc) is 3.33. The summed E-state index contributed by atoms with van der Waals surface area (Å²) in [7, 11) is 0. The molecule has 4 heterocycles. The van der Waals surface area contributed by atoms with Crippen LogP contribution in [-0.2, 0) is 11.2 Å². The van der Waals surface area contributed by atoms with Crippen molar-refractivity contribution in [2.24, 2.45) is 0 Å². The predicted octanol–water partition coefficient (Wildman–Crippen LogP) is 1.83. The van der Waals surface area contributed by atoms with Crippen molar-refractivity contribution in [1.29, 1.82) is 0 Å². The van der Waals surface area contributed by atoms with Crippen molar-refractivity contribution in [2.75, 3.05) is 50.7 Å². The average molecular weight is 408 g/mol. The van der Waals surface area contributed by atoms with Crippen molar-refractivity contribution in [3.8, 4) is 0 Å². The lowest BCUT2D eigenvalue weighted by atomic mass is 9.93. The highest BCUT2D eigenvalue weighted by Crippen LogP contribution is 2.27. The molecule has 2 atom stereocenters. The van der Waals surface area contributed by atoms with Gasteiger partial charge in [-0.25, -0.2) is 4.39 Å². The number of hydrogen-bond acceptors (Lipinski definition) is 6. The van der Waals surface area contributed by atoms with E-state index in [2.05, 4.69) is 34.1 Å². The first-order valence-corrected chi connectivity index (χ1v) is 11.1. The minimum Gasteiger partial charge on any atom is -0.359 e. The van der Waals surface area contributed by atoms with Crippen LogP contribution in [0.4, 0.5) is 10.2 Å². The molecule has 0 aliphatic carbocycles. The number of hydrogen-bond donors (Lipinski definition) is 1. The van der Waals surface area contributed by atoms with Gasteiger partial charge in [-0.1, -0.05) is 5.16 Å². The van der Waals surface area contributed by atoms with Gasteiger partial charge in [0.2, 0.25) is 5.91 Å². The van der Waals surface area contributed by atoms with Crippen LogP contribution in [0.25, 0.3) is 0 Å². The summed E-state index contributed by atoms with van der Waals surface area (Å²) in [6.07, 6.45) is 3.61. The van der Waals surface area contributed by atoms with E-state index in [0.717, 1.165) is 57.9 Å². The zero-order chi connectivity index (χ0) is 20.4. The van der Waals surface area contributed by atoms with E-state index in [0.29, 0.717) is 31.2 Å². The van der Waals surface area contributed by atoms with Crippen LogP contribution in [0.1, 0.15) is 45.3 Å².